The van der Waals surface area contributed by atoms with Gasteiger partial charge in [-0.2, -0.15) is 5.26 Å². The van der Waals surface area contributed by atoms with E-state index in [0.29, 0.717) is 10.4 Å². The van der Waals surface area contributed by atoms with Gasteiger partial charge in [0.2, 0.25) is 0 Å². The van der Waals surface area contributed by atoms with E-state index in [1.807, 2.05) is 48.7 Å². The lowest BCUT2D eigenvalue weighted by molar-refractivity contribution is 0.112. The number of rotatable bonds is 4. The van der Waals surface area contributed by atoms with Crippen LogP contribution in [-0.2, 0) is 0 Å². The summed E-state index contributed by atoms with van der Waals surface area (Å²) in [6.07, 6.45) is 0.894. The van der Waals surface area contributed by atoms with Gasteiger partial charge in [-0.05, 0) is 53.3 Å². The van der Waals surface area contributed by atoms with Gasteiger partial charge in [0.25, 0.3) is 0 Å². The number of thiophene rings is 1. The van der Waals surface area contributed by atoms with E-state index in [1.165, 1.54) is 11.3 Å². The van der Waals surface area contributed by atoms with Crippen molar-refractivity contribution in [1.82, 2.24) is 0 Å². The Bertz CT molecular complexity index is 933. The monoisotopic (exact) mass is 333 g/mol. The van der Waals surface area contributed by atoms with Gasteiger partial charge in [0.05, 0.1) is 23.6 Å². The molecule has 0 atom stereocenters. The summed E-state index contributed by atoms with van der Waals surface area (Å²) < 4.78 is 5.21. The quantitative estimate of drug-likeness (QED) is 0.625. The van der Waals surface area contributed by atoms with Crippen LogP contribution >= 0.6 is 11.3 Å². The molecular formula is C20H15NO2S. The number of hydrogen-bond donors (Lipinski definition) is 0. The summed E-state index contributed by atoms with van der Waals surface area (Å²) in [7, 11) is 1.63. The minimum atomic E-state index is 0.616. The highest BCUT2D eigenvalue weighted by Crippen LogP contribution is 2.40. The van der Waals surface area contributed by atoms with Crippen molar-refractivity contribution in [3.63, 3.8) is 0 Å². The highest BCUT2D eigenvalue weighted by Gasteiger charge is 2.17. The summed E-state index contributed by atoms with van der Waals surface area (Å²) in [6.45, 7) is 1.96. The van der Waals surface area contributed by atoms with E-state index in [-0.39, 0.29) is 0 Å². The number of nitrogens with zero attached hydrogens (tertiary/aromatic N) is 1. The topological polar surface area (TPSA) is 50.1 Å². The lowest BCUT2D eigenvalue weighted by Gasteiger charge is -2.10. The highest BCUT2D eigenvalue weighted by atomic mass is 32.1. The van der Waals surface area contributed by atoms with Crippen molar-refractivity contribution < 1.29 is 9.53 Å². The van der Waals surface area contributed by atoms with Crippen LogP contribution in [0.3, 0.4) is 0 Å². The van der Waals surface area contributed by atoms with Crippen LogP contribution in [0.5, 0.6) is 5.75 Å². The van der Waals surface area contributed by atoms with E-state index in [1.54, 1.807) is 13.2 Å². The molecule has 1 aromatic heterocycles. The summed E-state index contributed by atoms with van der Waals surface area (Å²) in [4.78, 5) is 12.2. The maximum absolute atomic E-state index is 11.5. The first-order valence-electron chi connectivity index (χ1n) is 7.40. The number of benzene rings is 2. The van der Waals surface area contributed by atoms with Gasteiger partial charge in [-0.15, -0.1) is 11.3 Å². The van der Waals surface area contributed by atoms with Gasteiger partial charge < -0.3 is 4.74 Å². The molecule has 24 heavy (non-hydrogen) atoms. The Morgan fingerprint density at radius 1 is 1.12 bits per heavy atom. The number of carbonyl (C=O) groups excluding carboxylic acids is 1. The van der Waals surface area contributed by atoms with Gasteiger partial charge in [0.1, 0.15) is 5.75 Å². The molecule has 3 rings (SSSR count). The van der Waals surface area contributed by atoms with Gasteiger partial charge in [-0.3, -0.25) is 4.79 Å². The number of methoxy groups -OCH3 is 1. The van der Waals surface area contributed by atoms with Crippen LogP contribution in [0.4, 0.5) is 0 Å². The Labute approximate surface area is 144 Å². The third-order valence-electron chi connectivity index (χ3n) is 3.95. The van der Waals surface area contributed by atoms with Crippen LogP contribution in [0, 0.1) is 18.3 Å². The lowest BCUT2D eigenvalue weighted by Crippen LogP contribution is -1.90. The molecule has 0 aliphatic rings. The number of aryl methyl sites for hydroxylation is 1. The molecule has 3 aromatic rings. The van der Waals surface area contributed by atoms with Crippen molar-refractivity contribution in [2.45, 2.75) is 6.92 Å². The first-order valence-corrected chi connectivity index (χ1v) is 8.28. The van der Waals surface area contributed by atoms with Crippen LogP contribution in [-0.4, -0.2) is 13.4 Å². The Hall–Kier alpha value is -2.90. The van der Waals surface area contributed by atoms with E-state index in [2.05, 4.69) is 6.07 Å². The second-order valence-corrected chi connectivity index (χ2v) is 6.29. The van der Waals surface area contributed by atoms with Crippen LogP contribution in [0.2, 0.25) is 0 Å². The second-order valence-electron chi connectivity index (χ2n) is 5.38. The standard InChI is InChI=1S/C20H15NO2S/c1-13-9-14(10-21)3-8-17(13)20-18(12-24-19(20)11-22)15-4-6-16(23-2)7-5-15/h3-9,11-12H,1-2H3. The molecule has 3 nitrogen and oxygen atoms in total. The molecule has 2 aromatic carbocycles. The van der Waals surface area contributed by atoms with Gasteiger partial charge in [0.15, 0.2) is 6.29 Å². The Balaban J connectivity index is 2.18. The van der Waals surface area contributed by atoms with E-state index in [9.17, 15) is 4.79 Å². The summed E-state index contributed by atoms with van der Waals surface area (Å²) in [5, 5.41) is 11.0. The highest BCUT2D eigenvalue weighted by molar-refractivity contribution is 7.12. The number of carbonyl (C=O) groups is 1. The number of hydrogen-bond acceptors (Lipinski definition) is 4. The average Bonchev–Trinajstić information content (AvgIpc) is 3.05. The van der Waals surface area contributed by atoms with E-state index in [4.69, 9.17) is 10.00 Å². The van der Waals surface area contributed by atoms with E-state index < -0.39 is 0 Å². The average molecular weight is 333 g/mol. The van der Waals surface area contributed by atoms with Crippen LogP contribution in [0.1, 0.15) is 20.8 Å². The fourth-order valence-corrected chi connectivity index (χ4v) is 3.63. The third kappa shape index (κ3) is 2.82. The molecule has 0 aliphatic carbocycles. The van der Waals surface area contributed by atoms with Gasteiger partial charge in [0, 0.05) is 11.1 Å². The van der Waals surface area contributed by atoms with Crippen LogP contribution < -0.4 is 4.74 Å². The van der Waals surface area contributed by atoms with Gasteiger partial charge >= 0.3 is 0 Å². The molecule has 0 unspecified atom stereocenters. The smallest absolute Gasteiger partial charge is 0.160 e. The van der Waals surface area contributed by atoms with Crippen molar-refractivity contribution >= 4 is 17.6 Å². The summed E-state index contributed by atoms with van der Waals surface area (Å²) in [5.41, 5.74) is 5.53. The molecule has 0 bridgehead atoms. The zero-order valence-corrected chi connectivity index (χ0v) is 14.2. The largest absolute Gasteiger partial charge is 0.497 e. The zero-order chi connectivity index (χ0) is 17.1. The van der Waals surface area contributed by atoms with Crippen molar-refractivity contribution in [3.05, 3.63) is 63.8 Å². The SMILES string of the molecule is COc1ccc(-c2csc(C=O)c2-c2ccc(C#N)cc2C)cc1. The lowest BCUT2D eigenvalue weighted by atomic mass is 9.93. The first-order chi connectivity index (χ1) is 11.7. The molecule has 0 aliphatic heterocycles. The maximum atomic E-state index is 11.5. The molecule has 0 spiro atoms. The molecule has 4 heteroatoms. The fraction of sp³-hybridized carbons (Fsp3) is 0.100. The van der Waals surface area contributed by atoms with E-state index >= 15 is 0 Å². The van der Waals surface area contributed by atoms with Crippen molar-refractivity contribution in [1.29, 1.82) is 5.26 Å². The normalized spacial score (nSPS) is 10.2. The first kappa shape index (κ1) is 16.0. The minimum Gasteiger partial charge on any atom is -0.497 e. The molecule has 0 radical (unpaired) electrons. The Morgan fingerprint density at radius 2 is 1.88 bits per heavy atom. The molecule has 118 valence electrons. The molecule has 0 saturated heterocycles. The molecular weight excluding hydrogens is 318 g/mol. The maximum Gasteiger partial charge on any atom is 0.160 e. The second kappa shape index (κ2) is 6.69. The molecule has 0 saturated carbocycles. The summed E-state index contributed by atoms with van der Waals surface area (Å²) in [5.74, 6) is 0.792. The predicted octanol–water partition coefficient (Wildman–Crippen LogP) is 5.08. The van der Waals surface area contributed by atoms with Crippen molar-refractivity contribution in [2.75, 3.05) is 7.11 Å². The van der Waals surface area contributed by atoms with Crippen LogP contribution in [0.25, 0.3) is 22.3 Å². The molecule has 1 heterocycles. The van der Waals surface area contributed by atoms with Gasteiger partial charge in [-0.25, -0.2) is 0 Å². The molecule has 0 amide bonds. The van der Waals surface area contributed by atoms with E-state index in [0.717, 1.165) is 39.9 Å². The molecule has 0 fully saturated rings. The van der Waals surface area contributed by atoms with Crippen molar-refractivity contribution in [3.8, 4) is 34.1 Å². The number of aldehydes is 1. The minimum absolute atomic E-state index is 0.616. The molecule has 0 N–H and O–H groups in total. The number of ether oxygens (including phenoxy) is 1. The predicted molar refractivity (Wildman–Crippen MR) is 96.6 cm³/mol. The Kier molecular flexibility index (Phi) is 4.45. The van der Waals surface area contributed by atoms with Crippen LogP contribution in [0.15, 0.2) is 47.8 Å². The number of nitriles is 1. The summed E-state index contributed by atoms with van der Waals surface area (Å²) in [6, 6.07) is 15.5. The fourth-order valence-electron chi connectivity index (χ4n) is 2.73. The Morgan fingerprint density at radius 3 is 2.46 bits per heavy atom. The zero-order valence-electron chi connectivity index (χ0n) is 13.4. The van der Waals surface area contributed by atoms with Gasteiger partial charge in [-0.1, -0.05) is 18.2 Å². The van der Waals surface area contributed by atoms with Crippen molar-refractivity contribution in [2.24, 2.45) is 0 Å². The third-order valence-corrected chi connectivity index (χ3v) is 4.86. The summed E-state index contributed by atoms with van der Waals surface area (Å²) >= 11 is 1.43.